The highest BCUT2D eigenvalue weighted by atomic mass is 32.2. The third kappa shape index (κ3) is 3.81. The number of likely N-dealkylation sites (tertiary alicyclic amines) is 1. The molecule has 3 rings (SSSR count). The Balaban J connectivity index is 1.81. The van der Waals surface area contributed by atoms with Crippen LogP contribution in [0.4, 0.5) is 5.82 Å². The monoisotopic (exact) mass is 363 g/mol. The van der Waals surface area contributed by atoms with E-state index in [4.69, 9.17) is 0 Å². The first-order valence-corrected chi connectivity index (χ1v) is 9.72. The third-order valence-corrected chi connectivity index (χ3v) is 5.42. The standard InChI is InChI=1S/C16H21N5O3S/c1-3-12-8-15(19-11(2)18-12)20-25(23,24)13-9-14(17-10-13)16(22)21-6-4-5-7-21/h8-10,17H,3-7H2,1-2H3,(H,18,19,20). The molecular weight excluding hydrogens is 342 g/mol. The van der Waals surface area contributed by atoms with Crippen LogP contribution in [-0.2, 0) is 16.4 Å². The van der Waals surface area contributed by atoms with Crippen molar-refractivity contribution in [1.29, 1.82) is 0 Å². The summed E-state index contributed by atoms with van der Waals surface area (Å²) in [6.45, 7) is 5.05. The van der Waals surface area contributed by atoms with Crippen LogP contribution in [0, 0.1) is 6.92 Å². The van der Waals surface area contributed by atoms with Crippen molar-refractivity contribution in [3.8, 4) is 0 Å². The quantitative estimate of drug-likeness (QED) is 0.841. The van der Waals surface area contributed by atoms with Gasteiger partial charge in [-0.3, -0.25) is 9.52 Å². The molecule has 134 valence electrons. The molecular formula is C16H21N5O3S. The smallest absolute Gasteiger partial charge is 0.270 e. The molecule has 0 aromatic carbocycles. The molecule has 2 N–H and O–H groups in total. The fourth-order valence-electron chi connectivity index (χ4n) is 2.80. The number of hydrogen-bond acceptors (Lipinski definition) is 5. The van der Waals surface area contributed by atoms with Crippen LogP contribution in [0.2, 0.25) is 0 Å². The van der Waals surface area contributed by atoms with Gasteiger partial charge in [0.2, 0.25) is 0 Å². The van der Waals surface area contributed by atoms with Gasteiger partial charge in [-0.05, 0) is 32.3 Å². The molecule has 3 heterocycles. The number of sulfonamides is 1. The van der Waals surface area contributed by atoms with Crippen LogP contribution in [0.5, 0.6) is 0 Å². The molecule has 0 atom stereocenters. The molecule has 2 aromatic heterocycles. The molecule has 1 amide bonds. The second-order valence-electron chi connectivity index (χ2n) is 6.00. The van der Waals surface area contributed by atoms with E-state index in [0.717, 1.165) is 18.5 Å². The Kier molecular flexibility index (Phi) is 4.76. The number of amides is 1. The van der Waals surface area contributed by atoms with Crippen molar-refractivity contribution in [3.05, 3.63) is 35.5 Å². The van der Waals surface area contributed by atoms with E-state index < -0.39 is 10.0 Å². The second-order valence-corrected chi connectivity index (χ2v) is 7.68. The molecule has 25 heavy (non-hydrogen) atoms. The Bertz CT molecular complexity index is 885. The number of carbonyl (C=O) groups is 1. The summed E-state index contributed by atoms with van der Waals surface area (Å²) in [4.78, 5) is 25.2. The molecule has 0 aliphatic carbocycles. The average Bonchev–Trinajstić information content (AvgIpc) is 3.25. The van der Waals surface area contributed by atoms with E-state index in [2.05, 4.69) is 19.7 Å². The molecule has 0 unspecified atom stereocenters. The number of aromatic amines is 1. The van der Waals surface area contributed by atoms with Crippen molar-refractivity contribution in [2.75, 3.05) is 17.8 Å². The minimum Gasteiger partial charge on any atom is -0.356 e. The highest BCUT2D eigenvalue weighted by molar-refractivity contribution is 7.92. The Hall–Kier alpha value is -2.42. The molecule has 1 aliphatic heterocycles. The summed E-state index contributed by atoms with van der Waals surface area (Å²) in [6, 6.07) is 2.96. The molecule has 0 spiro atoms. The fourth-order valence-corrected chi connectivity index (χ4v) is 3.79. The predicted octanol–water partition coefficient (Wildman–Crippen LogP) is 1.71. The molecule has 0 radical (unpaired) electrons. The number of anilines is 1. The van der Waals surface area contributed by atoms with Gasteiger partial charge in [-0.2, -0.15) is 0 Å². The second kappa shape index (κ2) is 6.83. The predicted molar refractivity (Wildman–Crippen MR) is 92.9 cm³/mol. The van der Waals surface area contributed by atoms with Crippen molar-refractivity contribution in [1.82, 2.24) is 19.9 Å². The van der Waals surface area contributed by atoms with Crippen LogP contribution in [0.15, 0.2) is 23.2 Å². The number of aryl methyl sites for hydroxylation is 2. The van der Waals surface area contributed by atoms with Crippen molar-refractivity contribution in [2.24, 2.45) is 0 Å². The van der Waals surface area contributed by atoms with Gasteiger partial charge in [-0.1, -0.05) is 6.92 Å². The van der Waals surface area contributed by atoms with Gasteiger partial charge < -0.3 is 9.88 Å². The van der Waals surface area contributed by atoms with Gasteiger partial charge in [0.25, 0.3) is 15.9 Å². The zero-order valence-electron chi connectivity index (χ0n) is 14.2. The summed E-state index contributed by atoms with van der Waals surface area (Å²) in [6.07, 6.45) is 3.95. The van der Waals surface area contributed by atoms with E-state index in [9.17, 15) is 13.2 Å². The van der Waals surface area contributed by atoms with E-state index in [0.29, 0.717) is 25.3 Å². The Morgan fingerprint density at radius 1 is 1.28 bits per heavy atom. The highest BCUT2D eigenvalue weighted by Gasteiger charge is 2.24. The van der Waals surface area contributed by atoms with Gasteiger partial charge in [0.05, 0.1) is 0 Å². The topological polar surface area (TPSA) is 108 Å². The first-order chi connectivity index (χ1) is 11.9. The van der Waals surface area contributed by atoms with E-state index in [1.807, 2.05) is 6.92 Å². The SMILES string of the molecule is CCc1cc(NS(=O)(=O)c2c[nH]c(C(=O)N3CCCC3)c2)nc(C)n1. The average molecular weight is 363 g/mol. The lowest BCUT2D eigenvalue weighted by molar-refractivity contribution is 0.0787. The van der Waals surface area contributed by atoms with Crippen LogP contribution < -0.4 is 4.72 Å². The van der Waals surface area contributed by atoms with Crippen molar-refractivity contribution in [2.45, 2.75) is 38.0 Å². The largest absolute Gasteiger partial charge is 0.356 e. The molecule has 8 nitrogen and oxygen atoms in total. The zero-order valence-corrected chi connectivity index (χ0v) is 15.1. The molecule has 2 aromatic rings. The lowest BCUT2D eigenvalue weighted by Crippen LogP contribution is -2.27. The Morgan fingerprint density at radius 2 is 2.00 bits per heavy atom. The fraction of sp³-hybridized carbons (Fsp3) is 0.438. The lowest BCUT2D eigenvalue weighted by atomic mass is 10.3. The molecule has 1 saturated heterocycles. The van der Waals surface area contributed by atoms with E-state index in [-0.39, 0.29) is 22.3 Å². The van der Waals surface area contributed by atoms with Gasteiger partial charge in [-0.15, -0.1) is 0 Å². The number of hydrogen-bond donors (Lipinski definition) is 2. The van der Waals surface area contributed by atoms with Crippen molar-refractivity contribution < 1.29 is 13.2 Å². The maximum absolute atomic E-state index is 12.6. The zero-order chi connectivity index (χ0) is 18.0. The highest BCUT2D eigenvalue weighted by Crippen LogP contribution is 2.18. The van der Waals surface area contributed by atoms with Crippen LogP contribution in [0.1, 0.15) is 41.8 Å². The summed E-state index contributed by atoms with van der Waals surface area (Å²) in [7, 11) is -3.83. The maximum atomic E-state index is 12.6. The van der Waals surface area contributed by atoms with Crippen molar-refractivity contribution in [3.63, 3.8) is 0 Å². The molecule has 1 fully saturated rings. The van der Waals surface area contributed by atoms with E-state index in [1.165, 1.54) is 12.3 Å². The summed E-state index contributed by atoms with van der Waals surface area (Å²) in [5, 5.41) is 0. The number of H-pyrrole nitrogens is 1. The maximum Gasteiger partial charge on any atom is 0.270 e. The van der Waals surface area contributed by atoms with Crippen LogP contribution in [-0.4, -0.2) is 47.3 Å². The van der Waals surface area contributed by atoms with Crippen LogP contribution in [0.25, 0.3) is 0 Å². The molecule has 1 aliphatic rings. The number of nitrogens with one attached hydrogen (secondary N) is 2. The third-order valence-electron chi connectivity index (χ3n) is 4.08. The normalized spacial score (nSPS) is 14.7. The van der Waals surface area contributed by atoms with Gasteiger partial charge in [0.15, 0.2) is 0 Å². The van der Waals surface area contributed by atoms with Gasteiger partial charge in [-0.25, -0.2) is 18.4 Å². The summed E-state index contributed by atoms with van der Waals surface area (Å²) >= 11 is 0. The first kappa shape index (κ1) is 17.4. The summed E-state index contributed by atoms with van der Waals surface area (Å²) < 4.78 is 27.6. The summed E-state index contributed by atoms with van der Waals surface area (Å²) in [5.74, 6) is 0.541. The number of carbonyl (C=O) groups excluding carboxylic acids is 1. The van der Waals surface area contributed by atoms with E-state index in [1.54, 1.807) is 17.9 Å². The summed E-state index contributed by atoms with van der Waals surface area (Å²) in [5.41, 5.74) is 1.03. The number of nitrogens with zero attached hydrogens (tertiary/aromatic N) is 3. The molecule has 9 heteroatoms. The molecule has 0 bridgehead atoms. The van der Waals surface area contributed by atoms with Crippen LogP contribution in [0.3, 0.4) is 0 Å². The minimum absolute atomic E-state index is 0.00404. The lowest BCUT2D eigenvalue weighted by Gasteiger charge is -2.13. The minimum atomic E-state index is -3.83. The van der Waals surface area contributed by atoms with Gasteiger partial charge in [0, 0.05) is 31.0 Å². The van der Waals surface area contributed by atoms with E-state index >= 15 is 0 Å². The van der Waals surface area contributed by atoms with Gasteiger partial charge >= 0.3 is 0 Å². The Labute approximate surface area is 146 Å². The van der Waals surface area contributed by atoms with Crippen molar-refractivity contribution >= 4 is 21.7 Å². The number of rotatable bonds is 5. The van der Waals surface area contributed by atoms with Gasteiger partial charge in [0.1, 0.15) is 22.2 Å². The van der Waals surface area contributed by atoms with Crippen LogP contribution >= 0.6 is 0 Å². The first-order valence-electron chi connectivity index (χ1n) is 8.24. The Morgan fingerprint density at radius 3 is 2.68 bits per heavy atom. The number of aromatic nitrogens is 3. The molecule has 0 saturated carbocycles.